The highest BCUT2D eigenvalue weighted by atomic mass is 16.5. The number of unbranched alkanes of at least 4 members (excludes halogenated alkanes) is 1. The van der Waals surface area contributed by atoms with Crippen molar-refractivity contribution in [3.05, 3.63) is 71.4 Å². The van der Waals surface area contributed by atoms with Crippen molar-refractivity contribution in [1.29, 1.82) is 0 Å². The molecule has 0 saturated carbocycles. The molecule has 30 heavy (non-hydrogen) atoms. The lowest BCUT2D eigenvalue weighted by Gasteiger charge is -2.04. The number of aromatic nitrogens is 1. The summed E-state index contributed by atoms with van der Waals surface area (Å²) in [5, 5.41) is 14.4. The van der Waals surface area contributed by atoms with Gasteiger partial charge in [0.25, 0.3) is 5.91 Å². The fraction of sp³-hybridized carbons (Fsp3) is 0.250. The number of carbonyl (C=O) groups excluding carboxylic acids is 1. The normalized spacial score (nSPS) is 14.9. The van der Waals surface area contributed by atoms with Crippen molar-refractivity contribution in [3.8, 4) is 5.75 Å². The van der Waals surface area contributed by atoms with Gasteiger partial charge in [0.15, 0.2) is 0 Å². The van der Waals surface area contributed by atoms with Crippen molar-refractivity contribution >= 4 is 28.6 Å². The molecule has 2 heterocycles. The third-order valence-electron chi connectivity index (χ3n) is 5.30. The smallest absolute Gasteiger partial charge is 0.273 e. The van der Waals surface area contributed by atoms with Gasteiger partial charge in [0.1, 0.15) is 5.75 Å². The molecule has 0 aliphatic carbocycles. The lowest BCUT2D eigenvalue weighted by molar-refractivity contribution is -0.116. The van der Waals surface area contributed by atoms with Gasteiger partial charge in [0.2, 0.25) is 0 Å². The summed E-state index contributed by atoms with van der Waals surface area (Å²) < 4.78 is 7.40. The van der Waals surface area contributed by atoms with Gasteiger partial charge in [0, 0.05) is 42.2 Å². The number of nitrogens with zero attached hydrogens (tertiary/aromatic N) is 2. The van der Waals surface area contributed by atoms with Gasteiger partial charge in [-0.1, -0.05) is 30.3 Å². The molecule has 6 heteroatoms. The quantitative estimate of drug-likeness (QED) is 0.446. The fourth-order valence-corrected chi connectivity index (χ4v) is 3.71. The summed E-state index contributed by atoms with van der Waals surface area (Å²) in [4.78, 5) is 12.5. The minimum Gasteiger partial charge on any atom is -0.497 e. The Hall–Kier alpha value is -3.38. The molecular formula is C24H25N3O3. The summed E-state index contributed by atoms with van der Waals surface area (Å²) >= 11 is 0. The molecule has 4 rings (SSSR count). The number of aliphatic hydroxyl groups is 1. The number of para-hydroxylation sites is 1. The zero-order chi connectivity index (χ0) is 20.9. The number of hydrogen-bond donors (Lipinski definition) is 2. The lowest BCUT2D eigenvalue weighted by Crippen LogP contribution is -2.14. The zero-order valence-electron chi connectivity index (χ0n) is 17.0. The first-order valence-electron chi connectivity index (χ1n) is 10.1. The first-order chi connectivity index (χ1) is 14.7. The summed E-state index contributed by atoms with van der Waals surface area (Å²) in [6, 6.07) is 15.9. The van der Waals surface area contributed by atoms with E-state index in [0.29, 0.717) is 12.0 Å². The van der Waals surface area contributed by atoms with Gasteiger partial charge >= 0.3 is 0 Å². The largest absolute Gasteiger partial charge is 0.497 e. The van der Waals surface area contributed by atoms with Gasteiger partial charge in [0.05, 0.1) is 18.4 Å². The average molecular weight is 403 g/mol. The predicted octanol–water partition coefficient (Wildman–Crippen LogP) is 3.53. The van der Waals surface area contributed by atoms with Crippen LogP contribution in [0, 0.1) is 0 Å². The van der Waals surface area contributed by atoms with E-state index in [2.05, 4.69) is 33.4 Å². The summed E-state index contributed by atoms with van der Waals surface area (Å²) in [5.74, 6) is 0.613. The Morgan fingerprint density at radius 1 is 1.13 bits per heavy atom. The van der Waals surface area contributed by atoms with Crippen LogP contribution in [0.3, 0.4) is 0 Å². The van der Waals surface area contributed by atoms with E-state index in [0.717, 1.165) is 52.9 Å². The number of aliphatic hydroxyl groups excluding tert-OH is 1. The van der Waals surface area contributed by atoms with E-state index in [4.69, 9.17) is 9.84 Å². The molecule has 1 aromatic heterocycles. The van der Waals surface area contributed by atoms with E-state index in [9.17, 15) is 4.79 Å². The monoisotopic (exact) mass is 403 g/mol. The maximum Gasteiger partial charge on any atom is 0.273 e. The van der Waals surface area contributed by atoms with E-state index in [-0.39, 0.29) is 12.5 Å². The number of hydrogen-bond acceptors (Lipinski definition) is 4. The average Bonchev–Trinajstić information content (AvgIpc) is 3.30. The first-order valence-corrected chi connectivity index (χ1v) is 10.1. The molecule has 0 atom stereocenters. The Morgan fingerprint density at radius 3 is 2.70 bits per heavy atom. The van der Waals surface area contributed by atoms with Crippen molar-refractivity contribution in [2.45, 2.75) is 25.8 Å². The van der Waals surface area contributed by atoms with Gasteiger partial charge in [-0.2, -0.15) is 5.10 Å². The number of carbonyl (C=O) groups is 1. The third-order valence-corrected chi connectivity index (χ3v) is 5.30. The van der Waals surface area contributed by atoms with Crippen molar-refractivity contribution in [2.75, 3.05) is 13.7 Å². The summed E-state index contributed by atoms with van der Waals surface area (Å²) in [6.07, 6.45) is 6.23. The van der Waals surface area contributed by atoms with E-state index in [1.54, 1.807) is 7.11 Å². The number of ether oxygens (including phenoxy) is 1. The second-order valence-corrected chi connectivity index (χ2v) is 7.31. The first kappa shape index (κ1) is 19.9. The van der Waals surface area contributed by atoms with Crippen LogP contribution in [0.5, 0.6) is 5.75 Å². The van der Waals surface area contributed by atoms with Gasteiger partial charge in [-0.3, -0.25) is 4.79 Å². The van der Waals surface area contributed by atoms with Gasteiger partial charge in [-0.05, 0) is 42.7 Å². The number of benzene rings is 2. The molecule has 0 unspecified atom stereocenters. The van der Waals surface area contributed by atoms with Crippen LogP contribution in [-0.2, 0) is 17.8 Å². The molecule has 0 radical (unpaired) electrons. The van der Waals surface area contributed by atoms with E-state index < -0.39 is 0 Å². The Morgan fingerprint density at radius 2 is 1.93 bits per heavy atom. The number of rotatable bonds is 8. The molecule has 0 saturated heterocycles. The molecule has 1 aliphatic rings. The molecule has 3 aromatic rings. The zero-order valence-corrected chi connectivity index (χ0v) is 17.0. The molecule has 154 valence electrons. The number of aryl methyl sites for hydroxylation is 1. The van der Waals surface area contributed by atoms with Gasteiger partial charge in [-0.15, -0.1) is 0 Å². The van der Waals surface area contributed by atoms with E-state index in [1.165, 1.54) is 0 Å². The molecule has 1 amide bonds. The molecule has 0 bridgehead atoms. The van der Waals surface area contributed by atoms with Crippen molar-refractivity contribution in [1.82, 2.24) is 9.99 Å². The second-order valence-electron chi connectivity index (χ2n) is 7.31. The lowest BCUT2D eigenvalue weighted by atomic mass is 10.00. The number of hydrazone groups is 1. The molecule has 0 spiro atoms. The van der Waals surface area contributed by atoms with E-state index in [1.807, 2.05) is 42.5 Å². The second kappa shape index (κ2) is 8.97. The highest BCUT2D eigenvalue weighted by Crippen LogP contribution is 2.26. The molecule has 0 fully saturated rings. The van der Waals surface area contributed by atoms with Crippen LogP contribution in [-0.4, -0.2) is 35.0 Å². The summed E-state index contributed by atoms with van der Waals surface area (Å²) in [5.41, 5.74) is 7.08. The maximum absolute atomic E-state index is 12.5. The van der Waals surface area contributed by atoms with Crippen LogP contribution in [0.4, 0.5) is 0 Å². The SMILES string of the molecule is COc1ccc(CC2=NNC(=O)/C2=C/c2cn(CCCCO)c3ccccc23)cc1. The maximum atomic E-state index is 12.5. The Kier molecular flexibility index (Phi) is 5.95. The van der Waals surface area contributed by atoms with Crippen molar-refractivity contribution < 1.29 is 14.6 Å². The van der Waals surface area contributed by atoms with Crippen LogP contribution in [0.15, 0.2) is 65.4 Å². The van der Waals surface area contributed by atoms with Crippen LogP contribution in [0.25, 0.3) is 17.0 Å². The highest BCUT2D eigenvalue weighted by molar-refractivity contribution is 6.28. The van der Waals surface area contributed by atoms with Crippen molar-refractivity contribution in [2.24, 2.45) is 5.10 Å². The Balaban J connectivity index is 1.64. The van der Waals surface area contributed by atoms with Crippen LogP contribution < -0.4 is 10.2 Å². The minimum absolute atomic E-state index is 0.185. The molecule has 2 aromatic carbocycles. The number of fused-ring (bicyclic) bond motifs is 1. The molecule has 6 nitrogen and oxygen atoms in total. The predicted molar refractivity (Wildman–Crippen MR) is 119 cm³/mol. The molecule has 1 aliphatic heterocycles. The summed E-state index contributed by atoms with van der Waals surface area (Å²) in [6.45, 7) is 1.02. The van der Waals surface area contributed by atoms with Crippen LogP contribution in [0.2, 0.25) is 0 Å². The fourth-order valence-electron chi connectivity index (χ4n) is 3.71. The molecular weight excluding hydrogens is 378 g/mol. The van der Waals surface area contributed by atoms with Crippen molar-refractivity contribution in [3.63, 3.8) is 0 Å². The number of nitrogens with one attached hydrogen (secondary N) is 1. The Labute approximate surface area is 175 Å². The van der Waals surface area contributed by atoms with Crippen LogP contribution in [0.1, 0.15) is 24.0 Å². The highest BCUT2D eigenvalue weighted by Gasteiger charge is 2.23. The number of amides is 1. The Bertz CT molecular complexity index is 1110. The number of methoxy groups -OCH3 is 1. The standard InChI is InChI=1S/C24H25N3O3/c1-30-19-10-8-17(9-11-19)14-22-21(24(29)26-25-22)15-18-16-27(12-4-5-13-28)23-7-3-2-6-20(18)23/h2-3,6-11,15-16,28H,4-5,12-14H2,1H3,(H,26,29)/b21-15+. The third kappa shape index (κ3) is 4.14. The topological polar surface area (TPSA) is 75.8 Å². The summed E-state index contributed by atoms with van der Waals surface area (Å²) in [7, 11) is 1.64. The van der Waals surface area contributed by atoms with Gasteiger partial charge in [-0.25, -0.2) is 5.43 Å². The molecule has 2 N–H and O–H groups in total. The minimum atomic E-state index is -0.185. The van der Waals surface area contributed by atoms with Gasteiger partial charge < -0.3 is 14.4 Å². The van der Waals surface area contributed by atoms with E-state index >= 15 is 0 Å². The van der Waals surface area contributed by atoms with Crippen LogP contribution >= 0.6 is 0 Å².